The quantitative estimate of drug-likeness (QED) is 0.761. The van der Waals surface area contributed by atoms with Crippen LogP contribution in [0.4, 0.5) is 5.69 Å². The molecule has 0 saturated carbocycles. The molecule has 2 atom stereocenters. The van der Waals surface area contributed by atoms with Gasteiger partial charge in [-0.3, -0.25) is 0 Å². The summed E-state index contributed by atoms with van der Waals surface area (Å²) in [4.78, 5) is 0. The number of hydrogen-bond donors (Lipinski definition) is 1. The highest BCUT2D eigenvalue weighted by Crippen LogP contribution is 2.25. The molecular weight excluding hydrogens is 308 g/mol. The van der Waals surface area contributed by atoms with Crippen LogP contribution in [0.15, 0.2) is 23.0 Å². The minimum absolute atomic E-state index is 0.183. The lowest BCUT2D eigenvalue weighted by Crippen LogP contribution is -2.29. The van der Waals surface area contributed by atoms with Gasteiger partial charge in [0.25, 0.3) is 0 Å². The number of nitrogens with one attached hydrogen (secondary N) is 1. The Labute approximate surface area is 139 Å². The monoisotopic (exact) mass is 328 g/mol. The first kappa shape index (κ1) is 15.1. The summed E-state index contributed by atoms with van der Waals surface area (Å²) >= 11 is 0. The summed E-state index contributed by atoms with van der Waals surface area (Å²) in [5.41, 5.74) is 3.56. The van der Waals surface area contributed by atoms with Crippen LogP contribution in [0.2, 0.25) is 0 Å². The van der Waals surface area contributed by atoms with E-state index in [2.05, 4.69) is 32.7 Å². The predicted octanol–water partition coefficient (Wildman–Crippen LogP) is 1.65. The molecule has 1 N–H and O–H groups in total. The van der Waals surface area contributed by atoms with Gasteiger partial charge in [0.1, 0.15) is 12.1 Å². The topological polar surface area (TPSA) is 90.4 Å². The highest BCUT2D eigenvalue weighted by molar-refractivity contribution is 5.67. The summed E-state index contributed by atoms with van der Waals surface area (Å²) in [5.74, 6) is 1.21. The highest BCUT2D eigenvalue weighted by atomic mass is 16.5. The third-order valence-electron chi connectivity index (χ3n) is 4.36. The number of ether oxygens (including phenoxy) is 1. The van der Waals surface area contributed by atoms with Crippen LogP contribution in [0.1, 0.15) is 24.1 Å². The van der Waals surface area contributed by atoms with E-state index in [1.807, 2.05) is 19.1 Å². The van der Waals surface area contributed by atoms with Crippen molar-refractivity contribution >= 4 is 11.3 Å². The van der Waals surface area contributed by atoms with Gasteiger partial charge >= 0.3 is 0 Å². The van der Waals surface area contributed by atoms with Crippen LogP contribution in [0.25, 0.3) is 5.65 Å². The first-order valence-corrected chi connectivity index (χ1v) is 8.19. The molecule has 0 aliphatic carbocycles. The zero-order valence-corrected chi connectivity index (χ0v) is 13.8. The largest absolute Gasteiger partial charge is 0.379 e. The van der Waals surface area contributed by atoms with Crippen molar-refractivity contribution in [2.24, 2.45) is 5.92 Å². The molecule has 1 aliphatic heterocycles. The standard InChI is InChI=1S/C16H20N6O2/c1-3-12-6-14(16-19-17-9-22(16)20-12)18-15-8-23-7-11(15)5-13-4-10(2)21-24-13/h4,6,9,11,15,18H,3,5,7-8H2,1-2H3/t11-,15+/m1/s1. The molecule has 126 valence electrons. The molecule has 3 aromatic rings. The number of rotatable bonds is 5. The fourth-order valence-corrected chi connectivity index (χ4v) is 3.09. The van der Waals surface area contributed by atoms with E-state index >= 15 is 0 Å². The summed E-state index contributed by atoms with van der Waals surface area (Å²) in [5, 5.41) is 20.1. The maximum Gasteiger partial charge on any atom is 0.200 e. The Balaban J connectivity index is 1.56. The van der Waals surface area contributed by atoms with Crippen LogP contribution in [-0.2, 0) is 17.6 Å². The molecule has 1 saturated heterocycles. The second-order valence-corrected chi connectivity index (χ2v) is 6.19. The van der Waals surface area contributed by atoms with Gasteiger partial charge in [-0.1, -0.05) is 12.1 Å². The maximum absolute atomic E-state index is 5.69. The normalized spacial score (nSPS) is 20.8. The van der Waals surface area contributed by atoms with E-state index in [1.54, 1.807) is 10.8 Å². The first-order chi connectivity index (χ1) is 11.7. The van der Waals surface area contributed by atoms with E-state index < -0.39 is 0 Å². The molecule has 0 aromatic carbocycles. The molecular formula is C16H20N6O2. The van der Waals surface area contributed by atoms with Gasteiger partial charge in [-0.25, -0.2) is 0 Å². The Morgan fingerprint density at radius 3 is 3.04 bits per heavy atom. The molecule has 0 radical (unpaired) electrons. The predicted molar refractivity (Wildman–Crippen MR) is 86.8 cm³/mol. The zero-order chi connectivity index (χ0) is 16.5. The van der Waals surface area contributed by atoms with Crippen LogP contribution in [0.5, 0.6) is 0 Å². The van der Waals surface area contributed by atoms with Crippen LogP contribution in [-0.4, -0.2) is 44.2 Å². The molecule has 0 spiro atoms. The van der Waals surface area contributed by atoms with E-state index in [1.165, 1.54) is 0 Å². The summed E-state index contributed by atoms with van der Waals surface area (Å²) in [6.07, 6.45) is 3.28. The van der Waals surface area contributed by atoms with Gasteiger partial charge in [0.2, 0.25) is 5.65 Å². The summed E-state index contributed by atoms with van der Waals surface area (Å²) in [6, 6.07) is 4.20. The molecule has 0 unspecified atom stereocenters. The van der Waals surface area contributed by atoms with Gasteiger partial charge < -0.3 is 14.6 Å². The zero-order valence-electron chi connectivity index (χ0n) is 13.8. The lowest BCUT2D eigenvalue weighted by molar-refractivity contribution is 0.183. The average molecular weight is 328 g/mol. The Morgan fingerprint density at radius 1 is 1.33 bits per heavy atom. The number of anilines is 1. The Morgan fingerprint density at radius 2 is 2.25 bits per heavy atom. The van der Waals surface area contributed by atoms with E-state index in [0.717, 1.165) is 41.3 Å². The third-order valence-corrected chi connectivity index (χ3v) is 4.36. The van der Waals surface area contributed by atoms with Gasteiger partial charge in [-0.15, -0.1) is 10.2 Å². The minimum atomic E-state index is 0.183. The van der Waals surface area contributed by atoms with E-state index in [0.29, 0.717) is 19.1 Å². The van der Waals surface area contributed by atoms with E-state index in [-0.39, 0.29) is 6.04 Å². The highest BCUT2D eigenvalue weighted by Gasteiger charge is 2.30. The summed E-state index contributed by atoms with van der Waals surface area (Å²) in [7, 11) is 0. The number of aromatic nitrogens is 5. The molecule has 8 heteroatoms. The van der Waals surface area contributed by atoms with Crippen LogP contribution in [0, 0.1) is 12.8 Å². The van der Waals surface area contributed by atoms with Crippen LogP contribution >= 0.6 is 0 Å². The first-order valence-electron chi connectivity index (χ1n) is 8.19. The Bertz CT molecular complexity index is 842. The summed E-state index contributed by atoms with van der Waals surface area (Å²) in [6.45, 7) is 5.36. The lowest BCUT2D eigenvalue weighted by Gasteiger charge is -2.19. The number of hydrogen-bond acceptors (Lipinski definition) is 7. The van der Waals surface area contributed by atoms with Crippen molar-refractivity contribution in [3.63, 3.8) is 0 Å². The van der Waals surface area contributed by atoms with E-state index in [9.17, 15) is 0 Å². The van der Waals surface area contributed by atoms with Crippen molar-refractivity contribution in [1.29, 1.82) is 0 Å². The number of aryl methyl sites for hydroxylation is 2. The fraction of sp³-hybridized carbons (Fsp3) is 0.500. The molecule has 1 aliphatic rings. The van der Waals surface area contributed by atoms with Crippen molar-refractivity contribution < 1.29 is 9.26 Å². The van der Waals surface area contributed by atoms with Crippen LogP contribution < -0.4 is 5.32 Å². The second-order valence-electron chi connectivity index (χ2n) is 6.19. The molecule has 1 fully saturated rings. The van der Waals surface area contributed by atoms with Crippen LogP contribution in [0.3, 0.4) is 0 Å². The Kier molecular flexibility index (Phi) is 3.89. The molecule has 8 nitrogen and oxygen atoms in total. The van der Waals surface area contributed by atoms with Crippen molar-refractivity contribution in [3.05, 3.63) is 35.6 Å². The average Bonchev–Trinajstić information content (AvgIpc) is 3.30. The third kappa shape index (κ3) is 2.84. The van der Waals surface area contributed by atoms with Crippen molar-refractivity contribution in [1.82, 2.24) is 25.0 Å². The van der Waals surface area contributed by atoms with Crippen molar-refractivity contribution in [2.75, 3.05) is 18.5 Å². The molecule has 24 heavy (non-hydrogen) atoms. The van der Waals surface area contributed by atoms with Crippen molar-refractivity contribution in [3.8, 4) is 0 Å². The van der Waals surface area contributed by atoms with Crippen molar-refractivity contribution in [2.45, 2.75) is 32.7 Å². The summed E-state index contributed by atoms with van der Waals surface area (Å²) < 4.78 is 12.8. The minimum Gasteiger partial charge on any atom is -0.379 e. The van der Waals surface area contributed by atoms with E-state index in [4.69, 9.17) is 9.26 Å². The van der Waals surface area contributed by atoms with Gasteiger partial charge in [0.05, 0.1) is 36.3 Å². The van der Waals surface area contributed by atoms with Gasteiger partial charge in [0.15, 0.2) is 0 Å². The SMILES string of the molecule is CCc1cc(N[C@H]2COC[C@H]2Cc2cc(C)no2)c2nncn2n1. The molecule has 3 aromatic heterocycles. The van der Waals surface area contributed by atoms with Gasteiger partial charge in [-0.05, 0) is 19.4 Å². The molecule has 4 rings (SSSR count). The lowest BCUT2D eigenvalue weighted by atomic mass is 9.98. The number of nitrogens with zero attached hydrogens (tertiary/aromatic N) is 5. The van der Waals surface area contributed by atoms with Gasteiger partial charge in [0, 0.05) is 18.4 Å². The molecule has 4 heterocycles. The smallest absolute Gasteiger partial charge is 0.200 e. The maximum atomic E-state index is 5.69. The molecule has 0 amide bonds. The fourth-order valence-electron chi connectivity index (χ4n) is 3.09. The second kappa shape index (κ2) is 6.20. The number of fused-ring (bicyclic) bond motifs is 1. The Hall–Kier alpha value is -2.48. The molecule has 0 bridgehead atoms. The van der Waals surface area contributed by atoms with Gasteiger partial charge in [-0.2, -0.15) is 9.61 Å².